The second-order valence-corrected chi connectivity index (χ2v) is 9.72. The largest absolute Gasteiger partial charge is 0.474 e. The van der Waals surface area contributed by atoms with Gasteiger partial charge in [0.1, 0.15) is 19.0 Å². The van der Waals surface area contributed by atoms with Crippen LogP contribution in [0.2, 0.25) is 0 Å². The van der Waals surface area contributed by atoms with Crippen molar-refractivity contribution in [3.05, 3.63) is 54.1 Å². The van der Waals surface area contributed by atoms with Gasteiger partial charge >= 0.3 is 12.2 Å². The third-order valence-electron chi connectivity index (χ3n) is 6.90. The summed E-state index contributed by atoms with van der Waals surface area (Å²) in [5, 5.41) is 0.658. The number of urea groups is 1. The van der Waals surface area contributed by atoms with Crippen molar-refractivity contribution in [3.8, 4) is 5.88 Å². The van der Waals surface area contributed by atoms with Crippen molar-refractivity contribution in [1.29, 1.82) is 0 Å². The van der Waals surface area contributed by atoms with Gasteiger partial charge in [0, 0.05) is 31.9 Å². The predicted octanol–water partition coefficient (Wildman–Crippen LogP) is 3.90. The van der Waals surface area contributed by atoms with Gasteiger partial charge in [-0.15, -0.1) is 0 Å². The van der Waals surface area contributed by atoms with Crippen LogP contribution in [0, 0.1) is 0 Å². The smallest absolute Gasteiger partial charge is 0.417 e. The zero-order valence-electron chi connectivity index (χ0n) is 21.2. The molecule has 2 aliphatic rings. The first-order valence-electron chi connectivity index (χ1n) is 12.3. The van der Waals surface area contributed by atoms with Gasteiger partial charge in [-0.05, 0) is 49.9 Å². The number of nitrogens with zero attached hydrogens (tertiary/aromatic N) is 6. The zero-order chi connectivity index (χ0) is 27.9. The number of fused-ring (bicyclic) bond motifs is 1. The Labute approximate surface area is 221 Å². The summed E-state index contributed by atoms with van der Waals surface area (Å²) < 4.78 is 45.5. The minimum absolute atomic E-state index is 0.0752. The summed E-state index contributed by atoms with van der Waals surface area (Å²) in [6.07, 6.45) is 0.363. The number of aromatic nitrogens is 3. The lowest BCUT2D eigenvalue weighted by Crippen LogP contribution is -2.44. The van der Waals surface area contributed by atoms with Crippen LogP contribution < -0.4 is 9.64 Å². The second-order valence-electron chi connectivity index (χ2n) is 9.72. The van der Waals surface area contributed by atoms with E-state index < -0.39 is 29.7 Å². The van der Waals surface area contributed by atoms with Crippen molar-refractivity contribution >= 4 is 34.4 Å². The predicted molar refractivity (Wildman–Crippen MR) is 133 cm³/mol. The summed E-state index contributed by atoms with van der Waals surface area (Å²) in [5.74, 6) is -0.235. The van der Waals surface area contributed by atoms with Crippen LogP contribution in [0.5, 0.6) is 5.88 Å². The number of hydrogen-bond acceptors (Lipinski definition) is 7. The minimum atomic E-state index is -4.62. The number of anilines is 1. The molecule has 3 aromatic rings. The highest BCUT2D eigenvalue weighted by Crippen LogP contribution is 2.34. The summed E-state index contributed by atoms with van der Waals surface area (Å²) in [4.78, 5) is 53.8. The number of carbonyl (C=O) groups is 3. The average molecular weight is 543 g/mol. The maximum Gasteiger partial charge on any atom is 0.417 e. The van der Waals surface area contributed by atoms with Gasteiger partial charge in [0.15, 0.2) is 0 Å². The standard InChI is InChI=1S/C26H25F3N6O4/c1-33(2)24(37)15-3-8-20-21(9-15)31-14-32-23(20)39-19-6-4-17(5-7-19)35-22(36)13-34(25(35)38)18-10-16(11-30-12-18)26(27,28)29/h3,8-12,14,17,19H,4-7,13H2,1-2H3/t17-,19+. The number of amides is 4. The van der Waals surface area contributed by atoms with E-state index in [2.05, 4.69) is 15.0 Å². The Morgan fingerprint density at radius 1 is 1.05 bits per heavy atom. The van der Waals surface area contributed by atoms with Gasteiger partial charge in [-0.25, -0.2) is 14.8 Å². The molecule has 39 heavy (non-hydrogen) atoms. The van der Waals surface area contributed by atoms with Crippen LogP contribution >= 0.6 is 0 Å². The third kappa shape index (κ3) is 5.20. The average Bonchev–Trinajstić information content (AvgIpc) is 3.21. The van der Waals surface area contributed by atoms with E-state index in [1.807, 2.05) is 0 Å². The maximum atomic E-state index is 13.1. The van der Waals surface area contributed by atoms with Gasteiger partial charge in [0.25, 0.3) is 11.8 Å². The van der Waals surface area contributed by atoms with Crippen LogP contribution in [0.25, 0.3) is 10.9 Å². The lowest BCUT2D eigenvalue weighted by atomic mass is 9.92. The number of imide groups is 1. The number of pyridine rings is 1. The van der Waals surface area contributed by atoms with E-state index in [0.717, 1.165) is 22.1 Å². The highest BCUT2D eigenvalue weighted by Gasteiger charge is 2.43. The van der Waals surface area contributed by atoms with Crippen LogP contribution in [0.1, 0.15) is 41.6 Å². The molecule has 2 aromatic heterocycles. The van der Waals surface area contributed by atoms with Crippen LogP contribution in [0.3, 0.4) is 0 Å². The number of alkyl halides is 3. The molecule has 204 valence electrons. The third-order valence-corrected chi connectivity index (χ3v) is 6.90. The monoisotopic (exact) mass is 542 g/mol. The molecule has 13 heteroatoms. The van der Waals surface area contributed by atoms with Gasteiger partial charge in [-0.1, -0.05) is 0 Å². The van der Waals surface area contributed by atoms with Crippen LogP contribution in [0.4, 0.5) is 23.7 Å². The first-order valence-corrected chi connectivity index (χ1v) is 12.3. The Morgan fingerprint density at radius 2 is 1.79 bits per heavy atom. The molecule has 1 aliphatic heterocycles. The number of halogens is 3. The molecule has 0 N–H and O–H groups in total. The Morgan fingerprint density at radius 3 is 2.49 bits per heavy atom. The SMILES string of the molecule is CN(C)C(=O)c1ccc2c(O[C@H]3CC[C@@H](N4C(=O)CN(c5cncc(C(F)(F)F)c5)C4=O)CC3)ncnc2c1. The van der Waals surface area contributed by atoms with Gasteiger partial charge in [0.05, 0.1) is 28.4 Å². The van der Waals surface area contributed by atoms with Crippen LogP contribution in [0.15, 0.2) is 43.0 Å². The summed E-state index contributed by atoms with van der Waals surface area (Å²) in [5.41, 5.74) is -0.00530. The highest BCUT2D eigenvalue weighted by molar-refractivity contribution is 6.12. The summed E-state index contributed by atoms with van der Waals surface area (Å²) in [7, 11) is 3.33. The molecule has 1 saturated heterocycles. The molecular formula is C26H25F3N6O4. The Bertz CT molecular complexity index is 1440. The molecule has 0 atom stereocenters. The minimum Gasteiger partial charge on any atom is -0.474 e. The van der Waals surface area contributed by atoms with E-state index in [1.165, 1.54) is 11.2 Å². The van der Waals surface area contributed by atoms with E-state index in [0.29, 0.717) is 54.2 Å². The number of carbonyl (C=O) groups excluding carboxylic acids is 3. The van der Waals surface area contributed by atoms with E-state index in [4.69, 9.17) is 4.74 Å². The fourth-order valence-corrected chi connectivity index (χ4v) is 4.90. The number of rotatable bonds is 5. The number of hydrogen-bond donors (Lipinski definition) is 0. The van der Waals surface area contributed by atoms with Gasteiger partial charge in [0.2, 0.25) is 5.88 Å². The molecule has 1 aliphatic carbocycles. The quantitative estimate of drug-likeness (QED) is 0.450. The molecular weight excluding hydrogens is 517 g/mol. The first kappa shape index (κ1) is 26.3. The molecule has 0 unspecified atom stereocenters. The van der Waals surface area contributed by atoms with Crippen molar-refractivity contribution in [2.24, 2.45) is 0 Å². The Balaban J connectivity index is 1.25. The summed E-state index contributed by atoms with van der Waals surface area (Å²) in [6, 6.07) is 4.88. The van der Waals surface area contributed by atoms with E-state index in [-0.39, 0.29) is 24.2 Å². The van der Waals surface area contributed by atoms with E-state index in [9.17, 15) is 27.6 Å². The molecule has 5 rings (SSSR count). The van der Waals surface area contributed by atoms with Crippen LogP contribution in [-0.2, 0) is 11.0 Å². The molecule has 2 fully saturated rings. The molecule has 0 radical (unpaired) electrons. The summed E-state index contributed by atoms with van der Waals surface area (Å²) >= 11 is 0. The van der Waals surface area contributed by atoms with E-state index in [1.54, 1.807) is 32.3 Å². The molecule has 10 nitrogen and oxygen atoms in total. The Hall–Kier alpha value is -4.29. The molecule has 0 spiro atoms. The Kier molecular flexibility index (Phi) is 6.83. The number of benzene rings is 1. The molecule has 1 saturated carbocycles. The van der Waals surface area contributed by atoms with Crippen molar-refractivity contribution < 1.29 is 32.3 Å². The van der Waals surface area contributed by atoms with Crippen molar-refractivity contribution in [1.82, 2.24) is 24.8 Å². The molecule has 0 bridgehead atoms. The lowest BCUT2D eigenvalue weighted by Gasteiger charge is -2.33. The van der Waals surface area contributed by atoms with Crippen LogP contribution in [-0.4, -0.2) is 75.4 Å². The summed E-state index contributed by atoms with van der Waals surface area (Å²) in [6.45, 7) is -0.344. The molecule has 1 aromatic carbocycles. The van der Waals surface area contributed by atoms with Crippen molar-refractivity contribution in [2.75, 3.05) is 25.5 Å². The highest BCUT2D eigenvalue weighted by atomic mass is 19.4. The second kappa shape index (κ2) is 10.1. The lowest BCUT2D eigenvalue weighted by molar-refractivity contribution is -0.137. The molecule has 4 amide bonds. The fraction of sp³-hybridized carbons (Fsp3) is 0.385. The fourth-order valence-electron chi connectivity index (χ4n) is 4.90. The topological polar surface area (TPSA) is 109 Å². The number of ether oxygens (including phenoxy) is 1. The van der Waals surface area contributed by atoms with Gasteiger partial charge in [-0.2, -0.15) is 13.2 Å². The normalized spacial score (nSPS) is 20.0. The van der Waals surface area contributed by atoms with Gasteiger partial charge < -0.3 is 9.64 Å². The van der Waals surface area contributed by atoms with Gasteiger partial charge in [-0.3, -0.25) is 24.4 Å². The first-order chi connectivity index (χ1) is 18.5. The molecule has 3 heterocycles. The zero-order valence-corrected chi connectivity index (χ0v) is 21.2. The maximum absolute atomic E-state index is 13.1. The van der Waals surface area contributed by atoms with Crippen molar-refractivity contribution in [3.63, 3.8) is 0 Å². The van der Waals surface area contributed by atoms with Crippen molar-refractivity contribution in [2.45, 2.75) is 44.0 Å². The van der Waals surface area contributed by atoms with E-state index >= 15 is 0 Å².